The van der Waals surface area contributed by atoms with Crippen LogP contribution < -0.4 is 5.32 Å². The Morgan fingerprint density at radius 3 is 2.52 bits per heavy atom. The number of benzene rings is 1. The minimum atomic E-state index is -0.871. The predicted octanol–water partition coefficient (Wildman–Crippen LogP) is 3.06. The number of hydrogen-bond donors (Lipinski definition) is 1. The van der Waals surface area contributed by atoms with Gasteiger partial charge in [-0.2, -0.15) is 0 Å². The fraction of sp³-hybridized carbons (Fsp3) is 0.263. The van der Waals surface area contributed by atoms with Crippen molar-refractivity contribution in [1.82, 2.24) is 15.5 Å². The SMILES string of the molecule is Cc1ccc(-c2nnc(C(C)OC(=O)[C@H](C)NC(=O)c3ccco3)o2)cc1. The van der Waals surface area contributed by atoms with Crippen molar-refractivity contribution in [1.29, 1.82) is 0 Å². The Bertz CT molecular complexity index is 915. The van der Waals surface area contributed by atoms with Crippen LogP contribution in [0.5, 0.6) is 0 Å². The van der Waals surface area contributed by atoms with Crippen LogP contribution in [-0.4, -0.2) is 28.1 Å². The quantitative estimate of drug-likeness (QED) is 0.665. The molecule has 0 spiro atoms. The first-order valence-electron chi connectivity index (χ1n) is 8.39. The van der Waals surface area contributed by atoms with E-state index in [-0.39, 0.29) is 11.7 Å². The lowest BCUT2D eigenvalue weighted by Crippen LogP contribution is -2.39. The zero-order valence-corrected chi connectivity index (χ0v) is 15.1. The van der Waals surface area contributed by atoms with Gasteiger partial charge < -0.3 is 18.9 Å². The van der Waals surface area contributed by atoms with Crippen molar-refractivity contribution in [3.8, 4) is 11.5 Å². The molecule has 3 aromatic rings. The number of ether oxygens (including phenoxy) is 1. The molecule has 0 bridgehead atoms. The van der Waals surface area contributed by atoms with Gasteiger partial charge in [0.1, 0.15) is 6.04 Å². The molecule has 2 heterocycles. The summed E-state index contributed by atoms with van der Waals surface area (Å²) in [5.74, 6) is -0.507. The van der Waals surface area contributed by atoms with E-state index in [0.29, 0.717) is 5.89 Å². The molecule has 8 nitrogen and oxygen atoms in total. The van der Waals surface area contributed by atoms with E-state index in [4.69, 9.17) is 13.6 Å². The minimum Gasteiger partial charge on any atom is -0.459 e. The normalized spacial score (nSPS) is 13.0. The van der Waals surface area contributed by atoms with Crippen molar-refractivity contribution < 1.29 is 23.2 Å². The summed E-state index contributed by atoms with van der Waals surface area (Å²) in [6, 6.07) is 9.83. The molecule has 8 heteroatoms. The Labute approximate surface area is 155 Å². The van der Waals surface area contributed by atoms with E-state index >= 15 is 0 Å². The van der Waals surface area contributed by atoms with Crippen LogP contribution in [0.4, 0.5) is 0 Å². The summed E-state index contributed by atoms with van der Waals surface area (Å²) < 4.78 is 15.9. The van der Waals surface area contributed by atoms with Crippen molar-refractivity contribution in [2.24, 2.45) is 0 Å². The Kier molecular flexibility index (Phi) is 5.35. The number of aromatic nitrogens is 2. The lowest BCUT2D eigenvalue weighted by Gasteiger charge is -2.15. The predicted molar refractivity (Wildman–Crippen MR) is 94.6 cm³/mol. The van der Waals surface area contributed by atoms with Gasteiger partial charge in [0, 0.05) is 5.56 Å². The number of amides is 1. The number of esters is 1. The highest BCUT2D eigenvalue weighted by molar-refractivity contribution is 5.94. The zero-order chi connectivity index (χ0) is 19.4. The standard InChI is InChI=1S/C19H19N3O5/c1-11-6-8-14(9-7-11)18-22-21-17(27-18)13(3)26-19(24)12(2)20-16(23)15-5-4-10-25-15/h4-10,12-13H,1-3H3,(H,20,23)/t12-,13?/m0/s1. The van der Waals surface area contributed by atoms with Crippen LogP contribution in [0.3, 0.4) is 0 Å². The van der Waals surface area contributed by atoms with Crippen LogP contribution >= 0.6 is 0 Å². The monoisotopic (exact) mass is 369 g/mol. The fourth-order valence-corrected chi connectivity index (χ4v) is 2.27. The molecule has 3 rings (SSSR count). The molecule has 0 fully saturated rings. The number of furan rings is 1. The maximum absolute atomic E-state index is 12.2. The summed E-state index contributed by atoms with van der Waals surface area (Å²) in [6.07, 6.45) is 0.619. The molecule has 0 aliphatic rings. The van der Waals surface area contributed by atoms with E-state index in [9.17, 15) is 9.59 Å². The van der Waals surface area contributed by atoms with Gasteiger partial charge in [0.05, 0.1) is 6.26 Å². The Balaban J connectivity index is 1.59. The second kappa shape index (κ2) is 7.86. The molecule has 1 amide bonds. The van der Waals surface area contributed by atoms with Crippen molar-refractivity contribution in [3.05, 3.63) is 59.9 Å². The molecule has 1 N–H and O–H groups in total. The van der Waals surface area contributed by atoms with Crippen LogP contribution in [0.2, 0.25) is 0 Å². The van der Waals surface area contributed by atoms with Gasteiger partial charge in [0.15, 0.2) is 11.9 Å². The first kappa shape index (κ1) is 18.4. The molecule has 1 aromatic carbocycles. The highest BCUT2D eigenvalue weighted by Gasteiger charge is 2.24. The first-order chi connectivity index (χ1) is 12.9. The molecular weight excluding hydrogens is 350 g/mol. The number of nitrogens with one attached hydrogen (secondary N) is 1. The van der Waals surface area contributed by atoms with E-state index in [1.54, 1.807) is 13.0 Å². The van der Waals surface area contributed by atoms with E-state index in [0.717, 1.165) is 11.1 Å². The van der Waals surface area contributed by atoms with Crippen molar-refractivity contribution >= 4 is 11.9 Å². The van der Waals surface area contributed by atoms with Gasteiger partial charge in [-0.05, 0) is 45.0 Å². The van der Waals surface area contributed by atoms with Gasteiger partial charge in [-0.15, -0.1) is 10.2 Å². The summed E-state index contributed by atoms with van der Waals surface area (Å²) in [6.45, 7) is 5.11. The van der Waals surface area contributed by atoms with Crippen molar-refractivity contribution in [2.45, 2.75) is 32.9 Å². The number of hydrogen-bond acceptors (Lipinski definition) is 7. The molecule has 27 heavy (non-hydrogen) atoms. The maximum atomic E-state index is 12.2. The van der Waals surface area contributed by atoms with Gasteiger partial charge in [0.25, 0.3) is 11.8 Å². The summed E-state index contributed by atoms with van der Waals surface area (Å²) >= 11 is 0. The minimum absolute atomic E-state index is 0.113. The number of carbonyl (C=O) groups is 2. The molecule has 2 atom stereocenters. The fourth-order valence-electron chi connectivity index (χ4n) is 2.27. The average Bonchev–Trinajstić information content (AvgIpc) is 3.34. The third-order valence-corrected chi connectivity index (χ3v) is 3.83. The summed E-state index contributed by atoms with van der Waals surface area (Å²) in [5.41, 5.74) is 1.89. The zero-order valence-electron chi connectivity index (χ0n) is 15.1. The van der Waals surface area contributed by atoms with Crippen LogP contribution in [0.15, 0.2) is 51.5 Å². The van der Waals surface area contributed by atoms with Gasteiger partial charge in [-0.3, -0.25) is 4.79 Å². The Morgan fingerprint density at radius 1 is 1.11 bits per heavy atom. The summed E-state index contributed by atoms with van der Waals surface area (Å²) in [7, 11) is 0. The van der Waals surface area contributed by atoms with E-state index < -0.39 is 24.0 Å². The van der Waals surface area contributed by atoms with Gasteiger partial charge in [-0.1, -0.05) is 17.7 Å². The van der Waals surface area contributed by atoms with Gasteiger partial charge in [-0.25, -0.2) is 4.79 Å². The second-order valence-electron chi connectivity index (χ2n) is 6.06. The number of nitrogens with zero attached hydrogens (tertiary/aromatic N) is 2. The van der Waals surface area contributed by atoms with Crippen LogP contribution in [0.25, 0.3) is 11.5 Å². The molecule has 0 saturated heterocycles. The summed E-state index contributed by atoms with van der Waals surface area (Å²) in [5, 5.41) is 10.4. The van der Waals surface area contributed by atoms with E-state index in [1.807, 2.05) is 31.2 Å². The molecule has 1 unspecified atom stereocenters. The Hall–Kier alpha value is -3.42. The first-order valence-corrected chi connectivity index (χ1v) is 8.39. The number of rotatable bonds is 6. The Morgan fingerprint density at radius 2 is 1.85 bits per heavy atom. The van der Waals surface area contributed by atoms with Gasteiger partial charge in [0.2, 0.25) is 5.89 Å². The highest BCUT2D eigenvalue weighted by Crippen LogP contribution is 2.22. The van der Waals surface area contributed by atoms with Crippen molar-refractivity contribution in [3.63, 3.8) is 0 Å². The van der Waals surface area contributed by atoms with Gasteiger partial charge >= 0.3 is 5.97 Å². The van der Waals surface area contributed by atoms with Crippen LogP contribution in [0.1, 0.15) is 42.0 Å². The summed E-state index contributed by atoms with van der Waals surface area (Å²) in [4.78, 5) is 24.1. The lowest BCUT2D eigenvalue weighted by atomic mass is 10.1. The number of carbonyl (C=O) groups excluding carboxylic acids is 2. The average molecular weight is 369 g/mol. The molecule has 0 aliphatic carbocycles. The highest BCUT2D eigenvalue weighted by atomic mass is 16.6. The molecule has 0 aliphatic heterocycles. The molecular formula is C19H19N3O5. The third kappa shape index (κ3) is 4.41. The van der Waals surface area contributed by atoms with E-state index in [2.05, 4.69) is 15.5 Å². The third-order valence-electron chi connectivity index (χ3n) is 3.83. The maximum Gasteiger partial charge on any atom is 0.329 e. The number of aryl methyl sites for hydroxylation is 1. The van der Waals surface area contributed by atoms with E-state index in [1.165, 1.54) is 19.3 Å². The molecule has 0 saturated carbocycles. The van der Waals surface area contributed by atoms with Crippen LogP contribution in [-0.2, 0) is 9.53 Å². The molecule has 140 valence electrons. The van der Waals surface area contributed by atoms with Crippen LogP contribution in [0, 0.1) is 6.92 Å². The second-order valence-corrected chi connectivity index (χ2v) is 6.06. The lowest BCUT2D eigenvalue weighted by molar-refractivity contribution is -0.151. The molecule has 2 aromatic heterocycles. The molecule has 0 radical (unpaired) electrons. The largest absolute Gasteiger partial charge is 0.459 e. The topological polar surface area (TPSA) is 107 Å². The van der Waals surface area contributed by atoms with Crippen molar-refractivity contribution in [2.75, 3.05) is 0 Å². The smallest absolute Gasteiger partial charge is 0.329 e.